The molecule has 0 bridgehead atoms. The molecule has 0 saturated carbocycles. The minimum atomic E-state index is -0.114. The van der Waals surface area contributed by atoms with Crippen LogP contribution in [0.5, 0.6) is 0 Å². The fourth-order valence-electron chi connectivity index (χ4n) is 1.47. The van der Waals surface area contributed by atoms with Crippen LogP contribution in [-0.2, 0) is 0 Å². The molecule has 0 N–H and O–H groups in total. The lowest BCUT2D eigenvalue weighted by atomic mass is 10.2. The molecule has 1 heterocycles. The Morgan fingerprint density at radius 3 is 2.44 bits per heavy atom. The molecule has 0 aliphatic heterocycles. The van der Waals surface area contributed by atoms with Gasteiger partial charge in [0.1, 0.15) is 0 Å². The summed E-state index contributed by atoms with van der Waals surface area (Å²) in [6.45, 7) is 0. The van der Waals surface area contributed by atoms with Gasteiger partial charge in [-0.2, -0.15) is 5.26 Å². The predicted molar refractivity (Wildman–Crippen MR) is 73.2 cm³/mol. The van der Waals surface area contributed by atoms with Crippen molar-refractivity contribution in [2.24, 2.45) is 0 Å². The summed E-state index contributed by atoms with van der Waals surface area (Å²) in [6, 6.07) is 12.3. The molecule has 1 aromatic heterocycles. The third kappa shape index (κ3) is 2.53. The summed E-state index contributed by atoms with van der Waals surface area (Å²) in [5.74, 6) is -0.114. The topological polar surface area (TPSA) is 44.1 Å². The number of benzene rings is 1. The smallest absolute Gasteiger partial charge is 0.268 e. The van der Waals surface area contributed by atoms with Crippen molar-refractivity contribution in [2.45, 2.75) is 0 Å². The number of carbonyl (C=O) groups is 1. The lowest BCUT2D eigenvalue weighted by Gasteiger charge is -2.16. The molecule has 0 atom stereocenters. The second-order valence-corrected chi connectivity index (χ2v) is 5.34. The molecule has 0 saturated heterocycles. The summed E-state index contributed by atoms with van der Waals surface area (Å²) in [7, 11) is 1.69. The maximum Gasteiger partial charge on any atom is 0.268 e. The Hall–Kier alpha value is -1.83. The Balaban J connectivity index is 2.23. The van der Waals surface area contributed by atoms with E-state index in [0.717, 1.165) is 5.69 Å². The highest BCUT2D eigenvalue weighted by molar-refractivity contribution is 7.18. The highest BCUT2D eigenvalue weighted by Crippen LogP contribution is 2.24. The Morgan fingerprint density at radius 1 is 1.28 bits per heavy atom. The predicted octanol–water partition coefficient (Wildman–Crippen LogP) is 3.55. The standard InChI is InChI=1S/C13H9ClN2OS/c1-16(10-4-2-9(8-15)3-5-10)13(17)11-6-7-12(14)18-11/h2-7H,1H3. The molecule has 0 unspecified atom stereocenters. The number of anilines is 1. The molecule has 0 fully saturated rings. The van der Waals surface area contributed by atoms with Crippen LogP contribution < -0.4 is 4.90 Å². The molecule has 2 aromatic rings. The number of rotatable bonds is 2. The molecule has 0 radical (unpaired) electrons. The molecule has 0 aliphatic rings. The average Bonchev–Trinajstić information content (AvgIpc) is 2.84. The summed E-state index contributed by atoms with van der Waals surface area (Å²) < 4.78 is 0.589. The van der Waals surface area contributed by atoms with E-state index >= 15 is 0 Å². The van der Waals surface area contributed by atoms with Crippen molar-refractivity contribution in [3.05, 3.63) is 51.2 Å². The number of amides is 1. The van der Waals surface area contributed by atoms with Gasteiger partial charge in [-0.1, -0.05) is 11.6 Å². The molecule has 0 aliphatic carbocycles. The van der Waals surface area contributed by atoms with Gasteiger partial charge in [0.25, 0.3) is 5.91 Å². The SMILES string of the molecule is CN(C(=O)c1ccc(Cl)s1)c1ccc(C#N)cc1. The van der Waals surface area contributed by atoms with Gasteiger partial charge in [0.15, 0.2) is 0 Å². The highest BCUT2D eigenvalue weighted by Gasteiger charge is 2.15. The highest BCUT2D eigenvalue weighted by atomic mass is 35.5. The van der Waals surface area contributed by atoms with Gasteiger partial charge in [-0.3, -0.25) is 4.79 Å². The van der Waals surface area contributed by atoms with Crippen molar-refractivity contribution >= 4 is 34.5 Å². The minimum Gasteiger partial charge on any atom is -0.311 e. The molecule has 90 valence electrons. The first kappa shape index (κ1) is 12.6. The monoisotopic (exact) mass is 276 g/mol. The second kappa shape index (κ2) is 5.21. The van der Waals surface area contributed by atoms with Crippen LogP contribution in [0.1, 0.15) is 15.2 Å². The molecule has 1 amide bonds. The van der Waals surface area contributed by atoms with E-state index < -0.39 is 0 Å². The van der Waals surface area contributed by atoms with Gasteiger partial charge in [-0.15, -0.1) is 11.3 Å². The number of carbonyl (C=O) groups excluding carboxylic acids is 1. The molecule has 2 rings (SSSR count). The molecule has 5 heteroatoms. The van der Waals surface area contributed by atoms with Crippen molar-refractivity contribution in [1.82, 2.24) is 0 Å². The zero-order chi connectivity index (χ0) is 13.1. The van der Waals surface area contributed by atoms with E-state index in [1.54, 1.807) is 43.4 Å². The van der Waals surface area contributed by atoms with Gasteiger partial charge in [-0.25, -0.2) is 0 Å². The Kier molecular flexibility index (Phi) is 3.66. The van der Waals surface area contributed by atoms with Crippen molar-refractivity contribution in [3.8, 4) is 6.07 Å². The van der Waals surface area contributed by atoms with Crippen molar-refractivity contribution in [1.29, 1.82) is 5.26 Å². The first-order chi connectivity index (χ1) is 8.61. The summed E-state index contributed by atoms with van der Waals surface area (Å²) >= 11 is 7.05. The van der Waals surface area contributed by atoms with Crippen LogP contribution in [0.3, 0.4) is 0 Å². The number of nitrogens with zero attached hydrogens (tertiary/aromatic N) is 2. The number of halogens is 1. The lowest BCUT2D eigenvalue weighted by molar-refractivity contribution is 0.0997. The van der Waals surface area contributed by atoms with Crippen molar-refractivity contribution in [3.63, 3.8) is 0 Å². The van der Waals surface area contributed by atoms with Crippen LogP contribution in [0.2, 0.25) is 4.34 Å². The first-order valence-corrected chi connectivity index (χ1v) is 6.35. The van der Waals surface area contributed by atoms with Crippen LogP contribution in [0, 0.1) is 11.3 Å². The van der Waals surface area contributed by atoms with Crippen molar-refractivity contribution < 1.29 is 4.79 Å². The third-order valence-electron chi connectivity index (χ3n) is 2.47. The first-order valence-electron chi connectivity index (χ1n) is 5.15. The van der Waals surface area contributed by atoms with E-state index in [9.17, 15) is 4.79 Å². The van der Waals surface area contributed by atoms with Gasteiger partial charge in [0.2, 0.25) is 0 Å². The van der Waals surface area contributed by atoms with Crippen LogP contribution >= 0.6 is 22.9 Å². The molecular weight excluding hydrogens is 268 g/mol. The minimum absolute atomic E-state index is 0.114. The molecule has 18 heavy (non-hydrogen) atoms. The quantitative estimate of drug-likeness (QED) is 0.842. The fraction of sp³-hybridized carbons (Fsp3) is 0.0769. The zero-order valence-corrected chi connectivity index (χ0v) is 11.1. The van der Waals surface area contributed by atoms with Gasteiger partial charge in [0, 0.05) is 12.7 Å². The molecule has 3 nitrogen and oxygen atoms in total. The summed E-state index contributed by atoms with van der Waals surface area (Å²) in [5.41, 5.74) is 1.31. The molecular formula is C13H9ClN2OS. The number of hydrogen-bond acceptors (Lipinski definition) is 3. The van der Waals surface area contributed by atoms with Gasteiger partial charge in [0.05, 0.1) is 20.8 Å². The fourth-order valence-corrected chi connectivity index (χ4v) is 2.49. The third-order valence-corrected chi connectivity index (χ3v) is 3.69. The summed E-state index contributed by atoms with van der Waals surface area (Å²) in [5, 5.41) is 8.71. The second-order valence-electron chi connectivity index (χ2n) is 3.63. The van der Waals surface area contributed by atoms with E-state index in [1.807, 2.05) is 6.07 Å². The Labute approximate surface area is 114 Å². The Morgan fingerprint density at radius 2 is 1.94 bits per heavy atom. The largest absolute Gasteiger partial charge is 0.311 e. The maximum atomic E-state index is 12.1. The van der Waals surface area contributed by atoms with Gasteiger partial charge < -0.3 is 4.90 Å². The van der Waals surface area contributed by atoms with E-state index in [-0.39, 0.29) is 5.91 Å². The van der Waals surface area contributed by atoms with E-state index in [4.69, 9.17) is 16.9 Å². The number of hydrogen-bond donors (Lipinski definition) is 0. The average molecular weight is 277 g/mol. The van der Waals surface area contributed by atoms with Crippen LogP contribution in [0.4, 0.5) is 5.69 Å². The van der Waals surface area contributed by atoms with Gasteiger partial charge in [-0.05, 0) is 36.4 Å². The zero-order valence-electron chi connectivity index (χ0n) is 9.55. The van der Waals surface area contributed by atoms with Crippen LogP contribution in [0.15, 0.2) is 36.4 Å². The summed E-state index contributed by atoms with van der Waals surface area (Å²) in [6.07, 6.45) is 0. The molecule has 1 aromatic carbocycles. The van der Waals surface area contributed by atoms with Crippen LogP contribution in [-0.4, -0.2) is 13.0 Å². The Bertz CT molecular complexity index is 613. The van der Waals surface area contributed by atoms with E-state index in [2.05, 4.69) is 0 Å². The van der Waals surface area contributed by atoms with Crippen LogP contribution in [0.25, 0.3) is 0 Å². The summed E-state index contributed by atoms with van der Waals surface area (Å²) in [4.78, 5) is 14.2. The van der Waals surface area contributed by atoms with E-state index in [0.29, 0.717) is 14.8 Å². The lowest BCUT2D eigenvalue weighted by Crippen LogP contribution is -2.25. The van der Waals surface area contributed by atoms with E-state index in [1.165, 1.54) is 16.2 Å². The maximum absolute atomic E-state index is 12.1. The number of nitriles is 1. The molecule has 0 spiro atoms. The number of thiophene rings is 1. The normalized spacial score (nSPS) is 9.83. The van der Waals surface area contributed by atoms with Crippen molar-refractivity contribution in [2.75, 3.05) is 11.9 Å². The van der Waals surface area contributed by atoms with Gasteiger partial charge >= 0.3 is 0 Å².